The Morgan fingerprint density at radius 1 is 0.931 bits per heavy atom. The summed E-state index contributed by atoms with van der Waals surface area (Å²) < 4.78 is 26.3. The molecule has 3 rings (SSSR count). The Labute approximate surface area is 167 Å². The molecule has 0 fully saturated rings. The third-order valence-electron chi connectivity index (χ3n) is 4.02. The first-order valence-electron chi connectivity index (χ1n) is 8.77. The van der Waals surface area contributed by atoms with Gasteiger partial charge in [0.2, 0.25) is 11.2 Å². The van der Waals surface area contributed by atoms with Crippen LogP contribution in [-0.4, -0.2) is 20.2 Å². The standard InChI is InChI=1S/C22H20O7/c1-25-17-8-16(9-18(10-17)26-2)22(24)29-13-19-11-20(23)21(14-27-19)28-12-15-6-4-3-5-7-15/h3-11,14H,12-13H2,1-2H3. The lowest BCUT2D eigenvalue weighted by molar-refractivity contribution is 0.0441. The van der Waals surface area contributed by atoms with Gasteiger partial charge in [-0.05, 0) is 17.7 Å². The Kier molecular flexibility index (Phi) is 6.52. The molecule has 2 aromatic carbocycles. The van der Waals surface area contributed by atoms with Crippen LogP contribution < -0.4 is 19.6 Å². The first-order chi connectivity index (χ1) is 14.1. The zero-order valence-electron chi connectivity index (χ0n) is 16.0. The van der Waals surface area contributed by atoms with Crippen LogP contribution >= 0.6 is 0 Å². The van der Waals surface area contributed by atoms with Gasteiger partial charge in [0.15, 0.2) is 0 Å². The SMILES string of the molecule is COc1cc(OC)cc(C(=O)OCc2cc(=O)c(OCc3ccccc3)co2)c1. The van der Waals surface area contributed by atoms with Crippen LogP contribution in [0.4, 0.5) is 0 Å². The van der Waals surface area contributed by atoms with Crippen LogP contribution in [0.3, 0.4) is 0 Å². The summed E-state index contributed by atoms with van der Waals surface area (Å²) in [5.41, 5.74) is 0.825. The first kappa shape index (κ1) is 20.0. The maximum absolute atomic E-state index is 12.3. The van der Waals surface area contributed by atoms with E-state index >= 15 is 0 Å². The van der Waals surface area contributed by atoms with E-state index in [1.54, 1.807) is 6.07 Å². The molecule has 7 heteroatoms. The molecule has 1 heterocycles. The predicted molar refractivity (Wildman–Crippen MR) is 104 cm³/mol. The van der Waals surface area contributed by atoms with Crippen molar-refractivity contribution in [2.24, 2.45) is 0 Å². The van der Waals surface area contributed by atoms with E-state index in [0.29, 0.717) is 11.5 Å². The number of rotatable bonds is 8. The minimum atomic E-state index is -0.603. The second-order valence-electron chi connectivity index (χ2n) is 6.03. The van der Waals surface area contributed by atoms with Crippen LogP contribution in [-0.2, 0) is 18.0 Å². The zero-order valence-corrected chi connectivity index (χ0v) is 16.0. The highest BCUT2D eigenvalue weighted by atomic mass is 16.5. The minimum Gasteiger partial charge on any atom is -0.497 e. The van der Waals surface area contributed by atoms with E-state index in [9.17, 15) is 9.59 Å². The smallest absolute Gasteiger partial charge is 0.338 e. The summed E-state index contributed by atoms with van der Waals surface area (Å²) in [5, 5.41) is 0. The summed E-state index contributed by atoms with van der Waals surface area (Å²) in [6, 6.07) is 15.4. The van der Waals surface area contributed by atoms with E-state index < -0.39 is 5.97 Å². The molecule has 0 aliphatic heterocycles. The highest BCUT2D eigenvalue weighted by Gasteiger charge is 2.13. The van der Waals surface area contributed by atoms with Crippen molar-refractivity contribution in [1.29, 1.82) is 0 Å². The predicted octanol–water partition coefficient (Wildman–Crippen LogP) is 3.59. The fourth-order valence-corrected chi connectivity index (χ4v) is 2.50. The lowest BCUT2D eigenvalue weighted by Gasteiger charge is -2.09. The number of carbonyl (C=O) groups excluding carboxylic acids is 1. The third kappa shape index (κ3) is 5.38. The van der Waals surface area contributed by atoms with Crippen molar-refractivity contribution in [3.8, 4) is 17.2 Å². The monoisotopic (exact) mass is 396 g/mol. The normalized spacial score (nSPS) is 10.3. The van der Waals surface area contributed by atoms with Gasteiger partial charge in [0.1, 0.15) is 36.7 Å². The third-order valence-corrected chi connectivity index (χ3v) is 4.02. The van der Waals surface area contributed by atoms with Gasteiger partial charge in [0, 0.05) is 12.1 Å². The van der Waals surface area contributed by atoms with Crippen molar-refractivity contribution >= 4 is 5.97 Å². The number of ether oxygens (including phenoxy) is 4. The maximum Gasteiger partial charge on any atom is 0.338 e. The van der Waals surface area contributed by atoms with Crippen LogP contribution in [0.5, 0.6) is 17.2 Å². The first-order valence-corrected chi connectivity index (χ1v) is 8.77. The van der Waals surface area contributed by atoms with E-state index in [2.05, 4.69) is 0 Å². The molecule has 0 aliphatic carbocycles. The lowest BCUT2D eigenvalue weighted by atomic mass is 10.2. The molecule has 0 spiro atoms. The Bertz CT molecular complexity index is 1000. The topological polar surface area (TPSA) is 84.2 Å². The van der Waals surface area contributed by atoms with Gasteiger partial charge in [-0.1, -0.05) is 30.3 Å². The van der Waals surface area contributed by atoms with E-state index in [1.807, 2.05) is 30.3 Å². The highest BCUT2D eigenvalue weighted by molar-refractivity contribution is 5.90. The molecule has 29 heavy (non-hydrogen) atoms. The number of hydrogen-bond donors (Lipinski definition) is 0. The van der Waals surface area contributed by atoms with Crippen molar-refractivity contribution in [2.45, 2.75) is 13.2 Å². The second-order valence-corrected chi connectivity index (χ2v) is 6.03. The molecule has 0 saturated heterocycles. The van der Waals surface area contributed by atoms with Crippen LogP contribution in [0.15, 0.2) is 70.1 Å². The van der Waals surface area contributed by atoms with Crippen molar-refractivity contribution < 1.29 is 28.2 Å². The van der Waals surface area contributed by atoms with Crippen LogP contribution in [0, 0.1) is 0 Å². The Balaban J connectivity index is 1.61. The van der Waals surface area contributed by atoms with Gasteiger partial charge in [0.25, 0.3) is 0 Å². The summed E-state index contributed by atoms with van der Waals surface area (Å²) in [7, 11) is 2.97. The van der Waals surface area contributed by atoms with Gasteiger partial charge in [0.05, 0.1) is 19.8 Å². The molecule has 7 nitrogen and oxygen atoms in total. The zero-order chi connectivity index (χ0) is 20.6. The van der Waals surface area contributed by atoms with Gasteiger partial charge >= 0.3 is 5.97 Å². The molecule has 0 unspecified atom stereocenters. The summed E-state index contributed by atoms with van der Waals surface area (Å²) in [5.74, 6) is 0.603. The summed E-state index contributed by atoms with van der Waals surface area (Å²) in [4.78, 5) is 24.5. The summed E-state index contributed by atoms with van der Waals surface area (Å²) >= 11 is 0. The number of carbonyl (C=O) groups is 1. The quantitative estimate of drug-likeness (QED) is 0.538. The molecule has 0 radical (unpaired) electrons. The van der Waals surface area contributed by atoms with Gasteiger partial charge in [-0.15, -0.1) is 0 Å². The van der Waals surface area contributed by atoms with Gasteiger partial charge in [-0.3, -0.25) is 4.79 Å². The van der Waals surface area contributed by atoms with E-state index in [1.165, 1.54) is 38.7 Å². The molecular formula is C22H20O7. The molecule has 150 valence electrons. The largest absolute Gasteiger partial charge is 0.497 e. The molecule has 3 aromatic rings. The Morgan fingerprint density at radius 3 is 2.24 bits per heavy atom. The van der Waals surface area contributed by atoms with E-state index in [-0.39, 0.29) is 35.7 Å². The Hall–Kier alpha value is -3.74. The summed E-state index contributed by atoms with van der Waals surface area (Å²) in [6.07, 6.45) is 1.21. The fourth-order valence-electron chi connectivity index (χ4n) is 2.50. The molecule has 0 saturated carbocycles. The van der Waals surface area contributed by atoms with Crippen molar-refractivity contribution in [3.63, 3.8) is 0 Å². The van der Waals surface area contributed by atoms with E-state index in [4.69, 9.17) is 23.4 Å². The lowest BCUT2D eigenvalue weighted by Crippen LogP contribution is -2.10. The highest BCUT2D eigenvalue weighted by Crippen LogP contribution is 2.23. The molecule has 0 aliphatic rings. The minimum absolute atomic E-state index is 0.0847. The second kappa shape index (κ2) is 9.45. The van der Waals surface area contributed by atoms with E-state index in [0.717, 1.165) is 5.56 Å². The number of hydrogen-bond acceptors (Lipinski definition) is 7. The molecule has 0 N–H and O–H groups in total. The van der Waals surface area contributed by atoms with Crippen molar-refractivity contribution in [2.75, 3.05) is 14.2 Å². The molecule has 0 amide bonds. The van der Waals surface area contributed by atoms with Crippen molar-refractivity contribution in [3.05, 3.63) is 88.0 Å². The molecule has 0 bridgehead atoms. The van der Waals surface area contributed by atoms with Crippen LogP contribution in [0.2, 0.25) is 0 Å². The summed E-state index contributed by atoms with van der Waals surface area (Å²) in [6.45, 7) is 0.0458. The molecule has 0 atom stereocenters. The van der Waals surface area contributed by atoms with Crippen LogP contribution in [0.25, 0.3) is 0 Å². The molecule has 1 aromatic heterocycles. The maximum atomic E-state index is 12.3. The molecular weight excluding hydrogens is 376 g/mol. The average molecular weight is 396 g/mol. The van der Waals surface area contributed by atoms with Gasteiger partial charge < -0.3 is 23.4 Å². The number of methoxy groups -OCH3 is 2. The number of esters is 1. The van der Waals surface area contributed by atoms with Gasteiger partial charge in [-0.25, -0.2) is 4.79 Å². The van der Waals surface area contributed by atoms with Crippen molar-refractivity contribution in [1.82, 2.24) is 0 Å². The fraction of sp³-hybridized carbons (Fsp3) is 0.182. The Morgan fingerprint density at radius 2 is 1.62 bits per heavy atom. The number of benzene rings is 2. The average Bonchev–Trinajstić information content (AvgIpc) is 2.77. The van der Waals surface area contributed by atoms with Crippen LogP contribution in [0.1, 0.15) is 21.7 Å². The van der Waals surface area contributed by atoms with Gasteiger partial charge in [-0.2, -0.15) is 0 Å².